The van der Waals surface area contributed by atoms with E-state index in [1.807, 2.05) is 50.8 Å². The maximum absolute atomic E-state index is 12.9. The lowest BCUT2D eigenvalue weighted by Crippen LogP contribution is -2.45. The molecule has 148 valence electrons. The zero-order chi connectivity index (χ0) is 19.6. The molecule has 1 aromatic rings. The number of likely N-dealkylation sites (tertiary alicyclic amines) is 1. The molecule has 2 amide bonds. The first-order valence-electron chi connectivity index (χ1n) is 10.1. The first-order valence-corrected chi connectivity index (χ1v) is 10.1. The van der Waals surface area contributed by atoms with Gasteiger partial charge in [-0.2, -0.15) is 0 Å². The van der Waals surface area contributed by atoms with Gasteiger partial charge < -0.3 is 15.0 Å². The summed E-state index contributed by atoms with van der Waals surface area (Å²) < 4.78 is 5.69. The molecule has 0 unspecified atom stereocenters. The molecule has 0 aromatic heterocycles. The Morgan fingerprint density at radius 2 is 2.07 bits per heavy atom. The minimum Gasteiger partial charge on any atom is -0.378 e. The van der Waals surface area contributed by atoms with Gasteiger partial charge >= 0.3 is 0 Å². The summed E-state index contributed by atoms with van der Waals surface area (Å²) in [7, 11) is 0. The summed E-state index contributed by atoms with van der Waals surface area (Å²) >= 11 is 0. The molecule has 0 radical (unpaired) electrons. The monoisotopic (exact) mass is 372 g/mol. The van der Waals surface area contributed by atoms with E-state index in [1.165, 1.54) is 0 Å². The van der Waals surface area contributed by atoms with Gasteiger partial charge in [-0.3, -0.25) is 9.59 Å². The highest BCUT2D eigenvalue weighted by Gasteiger charge is 2.49. The molecule has 1 N–H and O–H groups in total. The minimum atomic E-state index is 0.0162. The molecule has 1 heterocycles. The third-order valence-corrected chi connectivity index (χ3v) is 5.79. The number of nitrogens with zero attached hydrogens (tertiary/aromatic N) is 1. The lowest BCUT2D eigenvalue weighted by atomic mass is 9.66. The summed E-state index contributed by atoms with van der Waals surface area (Å²) in [5, 5.41) is 2.95. The molecule has 1 aromatic carbocycles. The summed E-state index contributed by atoms with van der Waals surface area (Å²) in [4.78, 5) is 26.9. The average Bonchev–Trinajstić information content (AvgIpc) is 3.00. The highest BCUT2D eigenvalue weighted by molar-refractivity contribution is 5.96. The summed E-state index contributed by atoms with van der Waals surface area (Å²) in [6, 6.07) is 5.57. The molecule has 1 aliphatic heterocycles. The highest BCUT2D eigenvalue weighted by atomic mass is 16.5. The van der Waals surface area contributed by atoms with Gasteiger partial charge in [-0.05, 0) is 68.2 Å². The lowest BCUT2D eigenvalue weighted by molar-refractivity contribution is -0.116. The van der Waals surface area contributed by atoms with Crippen molar-refractivity contribution >= 4 is 17.5 Å². The molecule has 1 aliphatic carbocycles. The number of amides is 2. The van der Waals surface area contributed by atoms with Crippen molar-refractivity contribution in [3.8, 4) is 0 Å². The second-order valence-electron chi connectivity index (χ2n) is 8.64. The van der Waals surface area contributed by atoms with Gasteiger partial charge in [0.05, 0.1) is 6.10 Å². The Hall–Kier alpha value is -1.88. The van der Waals surface area contributed by atoms with Crippen LogP contribution in [0.25, 0.3) is 0 Å². The van der Waals surface area contributed by atoms with Crippen LogP contribution in [0, 0.1) is 18.3 Å². The van der Waals surface area contributed by atoms with Gasteiger partial charge in [0.25, 0.3) is 5.91 Å². The van der Waals surface area contributed by atoms with Crippen LogP contribution in [0.5, 0.6) is 0 Å². The molecule has 27 heavy (non-hydrogen) atoms. The van der Waals surface area contributed by atoms with Crippen LogP contribution in [-0.4, -0.2) is 42.5 Å². The normalized spacial score (nSPS) is 24.3. The molecular formula is C22H32N2O3. The Morgan fingerprint density at radius 1 is 1.33 bits per heavy atom. The number of aryl methyl sites for hydroxylation is 1. The first-order chi connectivity index (χ1) is 12.8. The van der Waals surface area contributed by atoms with Crippen LogP contribution in [-0.2, 0) is 9.53 Å². The van der Waals surface area contributed by atoms with E-state index in [2.05, 4.69) is 5.32 Å². The van der Waals surface area contributed by atoms with Crippen LogP contribution in [0.2, 0.25) is 0 Å². The minimum absolute atomic E-state index is 0.0162. The molecule has 3 rings (SSSR count). The van der Waals surface area contributed by atoms with Crippen LogP contribution < -0.4 is 5.32 Å². The number of nitrogens with one attached hydrogen (secondary N) is 1. The molecule has 5 nitrogen and oxygen atoms in total. The lowest BCUT2D eigenvalue weighted by Gasteiger charge is -2.44. The zero-order valence-corrected chi connectivity index (χ0v) is 17.0. The van der Waals surface area contributed by atoms with Crippen molar-refractivity contribution in [1.82, 2.24) is 4.90 Å². The van der Waals surface area contributed by atoms with E-state index in [9.17, 15) is 9.59 Å². The summed E-state index contributed by atoms with van der Waals surface area (Å²) in [5.41, 5.74) is 2.68. The van der Waals surface area contributed by atoms with E-state index in [-0.39, 0.29) is 17.2 Å². The molecule has 2 aliphatic rings. The molecule has 2 fully saturated rings. The Kier molecular flexibility index (Phi) is 5.89. The zero-order valence-electron chi connectivity index (χ0n) is 17.0. The highest BCUT2D eigenvalue weighted by Crippen LogP contribution is 2.49. The van der Waals surface area contributed by atoms with Gasteiger partial charge in [-0.1, -0.05) is 13.8 Å². The number of hydrogen-bond donors (Lipinski definition) is 1. The number of benzene rings is 1. The van der Waals surface area contributed by atoms with Crippen molar-refractivity contribution in [1.29, 1.82) is 0 Å². The van der Waals surface area contributed by atoms with Crippen molar-refractivity contribution in [2.45, 2.75) is 59.5 Å². The topological polar surface area (TPSA) is 58.6 Å². The second kappa shape index (κ2) is 8.01. The molecule has 1 saturated carbocycles. The van der Waals surface area contributed by atoms with Crippen molar-refractivity contribution < 1.29 is 14.3 Å². The van der Waals surface area contributed by atoms with Crippen LogP contribution in [0.1, 0.15) is 62.4 Å². The number of hydrogen-bond acceptors (Lipinski definition) is 3. The second-order valence-corrected chi connectivity index (χ2v) is 8.64. The predicted molar refractivity (Wildman–Crippen MR) is 107 cm³/mol. The molecule has 0 atom stereocenters. The van der Waals surface area contributed by atoms with E-state index >= 15 is 0 Å². The number of carbonyl (C=O) groups is 2. The van der Waals surface area contributed by atoms with E-state index in [4.69, 9.17) is 4.74 Å². The molecule has 0 bridgehead atoms. The Morgan fingerprint density at radius 3 is 2.70 bits per heavy atom. The largest absolute Gasteiger partial charge is 0.378 e. The van der Waals surface area contributed by atoms with Gasteiger partial charge in [-0.25, -0.2) is 0 Å². The number of anilines is 1. The third kappa shape index (κ3) is 4.52. The fourth-order valence-corrected chi connectivity index (χ4v) is 4.39. The molecular weight excluding hydrogens is 340 g/mol. The fraction of sp³-hybridized carbons (Fsp3) is 0.636. The van der Waals surface area contributed by atoms with Crippen molar-refractivity contribution in [2.24, 2.45) is 11.3 Å². The first kappa shape index (κ1) is 19.9. The van der Waals surface area contributed by atoms with Crippen molar-refractivity contribution in [3.63, 3.8) is 0 Å². The van der Waals surface area contributed by atoms with Gasteiger partial charge in [-0.15, -0.1) is 0 Å². The van der Waals surface area contributed by atoms with Gasteiger partial charge in [0.2, 0.25) is 5.91 Å². The van der Waals surface area contributed by atoms with Crippen LogP contribution in [0.15, 0.2) is 18.2 Å². The number of carbonyl (C=O) groups excluding carboxylic acids is 2. The maximum atomic E-state index is 12.9. The standard InChI is InChI=1S/C22H32N2O3/c1-5-27-18-12-22(13-18)8-9-24(14-22)21(26)17-6-7-19(16(4)11-17)23-20(25)10-15(2)3/h6-7,11,15,18H,5,8-10,12-14H2,1-4H3,(H,23,25). The maximum Gasteiger partial charge on any atom is 0.253 e. The van der Waals surface area contributed by atoms with Gasteiger partial charge in [0, 0.05) is 37.4 Å². The predicted octanol–water partition coefficient (Wildman–Crippen LogP) is 4.01. The smallest absolute Gasteiger partial charge is 0.253 e. The van der Waals surface area contributed by atoms with Crippen LogP contribution in [0.4, 0.5) is 5.69 Å². The fourth-order valence-electron chi connectivity index (χ4n) is 4.39. The number of ether oxygens (including phenoxy) is 1. The van der Waals surface area contributed by atoms with Crippen LogP contribution in [0.3, 0.4) is 0 Å². The summed E-state index contributed by atoms with van der Waals surface area (Å²) in [5.74, 6) is 0.430. The van der Waals surface area contributed by atoms with E-state index in [1.54, 1.807) is 0 Å². The quantitative estimate of drug-likeness (QED) is 0.821. The van der Waals surface area contributed by atoms with Crippen molar-refractivity contribution in [2.75, 3.05) is 25.0 Å². The van der Waals surface area contributed by atoms with E-state index in [0.717, 1.165) is 50.2 Å². The van der Waals surface area contributed by atoms with Gasteiger partial charge in [0.1, 0.15) is 0 Å². The Bertz CT molecular complexity index is 708. The van der Waals surface area contributed by atoms with E-state index in [0.29, 0.717) is 24.0 Å². The Labute approximate surface area is 162 Å². The summed E-state index contributed by atoms with van der Waals surface area (Å²) in [6.07, 6.45) is 4.10. The van der Waals surface area contributed by atoms with Crippen LogP contribution >= 0.6 is 0 Å². The Balaban J connectivity index is 1.59. The molecule has 1 spiro atoms. The van der Waals surface area contributed by atoms with Gasteiger partial charge in [0.15, 0.2) is 0 Å². The molecule has 5 heteroatoms. The average molecular weight is 373 g/mol. The SMILES string of the molecule is CCOC1CC2(CCN(C(=O)c3ccc(NC(=O)CC(C)C)c(C)c3)C2)C1. The third-order valence-electron chi connectivity index (χ3n) is 5.79. The van der Waals surface area contributed by atoms with Crippen molar-refractivity contribution in [3.05, 3.63) is 29.3 Å². The molecule has 1 saturated heterocycles. The van der Waals surface area contributed by atoms with E-state index < -0.39 is 0 Å². The number of rotatable bonds is 6. The summed E-state index contributed by atoms with van der Waals surface area (Å²) in [6.45, 7) is 10.4.